The molecule has 1 saturated heterocycles. The van der Waals surface area contributed by atoms with Gasteiger partial charge in [0.25, 0.3) is 0 Å². The summed E-state index contributed by atoms with van der Waals surface area (Å²) in [6, 6.07) is 6.06. The Bertz CT molecular complexity index is 406. The zero-order valence-corrected chi connectivity index (χ0v) is 12.3. The molecular formula is C16H25NO2. The van der Waals surface area contributed by atoms with Crippen molar-refractivity contribution in [2.45, 2.75) is 26.7 Å². The number of ether oxygens (including phenoxy) is 2. The number of likely N-dealkylation sites (tertiary alicyclic amines) is 1. The van der Waals surface area contributed by atoms with Gasteiger partial charge in [-0.15, -0.1) is 0 Å². The zero-order valence-electron chi connectivity index (χ0n) is 12.3. The molecule has 0 N–H and O–H groups in total. The topological polar surface area (TPSA) is 21.7 Å². The van der Waals surface area contributed by atoms with Crippen LogP contribution in [-0.2, 0) is 0 Å². The van der Waals surface area contributed by atoms with Gasteiger partial charge in [-0.1, -0.05) is 13.0 Å². The first kappa shape index (κ1) is 14.2. The molecule has 0 bridgehead atoms. The van der Waals surface area contributed by atoms with Gasteiger partial charge in [-0.2, -0.15) is 0 Å². The number of hydrogen-bond donors (Lipinski definition) is 0. The van der Waals surface area contributed by atoms with Crippen LogP contribution in [0.4, 0.5) is 0 Å². The molecule has 1 heterocycles. The highest BCUT2D eigenvalue weighted by molar-refractivity contribution is 5.42. The van der Waals surface area contributed by atoms with Gasteiger partial charge in [-0.05, 0) is 49.9 Å². The molecule has 0 aliphatic carbocycles. The summed E-state index contributed by atoms with van der Waals surface area (Å²) in [4.78, 5) is 2.49. The minimum absolute atomic E-state index is 0.728. The number of aryl methyl sites for hydroxylation is 1. The molecule has 3 heteroatoms. The first-order chi connectivity index (χ1) is 9.19. The van der Waals surface area contributed by atoms with Crippen molar-refractivity contribution in [1.82, 2.24) is 4.90 Å². The van der Waals surface area contributed by atoms with E-state index in [0.717, 1.165) is 30.6 Å². The summed E-state index contributed by atoms with van der Waals surface area (Å²) < 4.78 is 11.2. The summed E-state index contributed by atoms with van der Waals surface area (Å²) in [5, 5.41) is 0. The number of benzene rings is 1. The van der Waals surface area contributed by atoms with Gasteiger partial charge < -0.3 is 9.47 Å². The third-order valence-electron chi connectivity index (χ3n) is 3.73. The zero-order chi connectivity index (χ0) is 13.7. The molecule has 0 spiro atoms. The van der Waals surface area contributed by atoms with E-state index in [9.17, 15) is 0 Å². The van der Waals surface area contributed by atoms with Gasteiger partial charge in [0.1, 0.15) is 6.61 Å². The van der Waals surface area contributed by atoms with Crippen LogP contribution in [-0.4, -0.2) is 38.3 Å². The van der Waals surface area contributed by atoms with E-state index in [-0.39, 0.29) is 0 Å². The van der Waals surface area contributed by atoms with E-state index in [4.69, 9.17) is 9.47 Å². The van der Waals surface area contributed by atoms with Crippen LogP contribution in [0.15, 0.2) is 18.2 Å². The van der Waals surface area contributed by atoms with Gasteiger partial charge in [0.15, 0.2) is 11.5 Å². The molecule has 0 aromatic heterocycles. The second-order valence-corrected chi connectivity index (χ2v) is 5.55. The van der Waals surface area contributed by atoms with E-state index in [2.05, 4.69) is 24.8 Å². The summed E-state index contributed by atoms with van der Waals surface area (Å²) in [6.45, 7) is 8.53. The largest absolute Gasteiger partial charge is 0.493 e. The predicted octanol–water partition coefficient (Wildman–Crippen LogP) is 3.11. The molecule has 0 unspecified atom stereocenters. The lowest BCUT2D eigenvalue weighted by Crippen LogP contribution is -2.37. The van der Waals surface area contributed by atoms with Crippen molar-refractivity contribution in [3.63, 3.8) is 0 Å². The highest BCUT2D eigenvalue weighted by Gasteiger charge is 2.15. The fourth-order valence-electron chi connectivity index (χ4n) is 2.67. The first-order valence-corrected chi connectivity index (χ1v) is 7.19. The van der Waals surface area contributed by atoms with Crippen LogP contribution in [0.3, 0.4) is 0 Å². The number of hydrogen-bond acceptors (Lipinski definition) is 3. The van der Waals surface area contributed by atoms with Crippen LogP contribution in [0.25, 0.3) is 0 Å². The van der Waals surface area contributed by atoms with Gasteiger partial charge >= 0.3 is 0 Å². The molecule has 19 heavy (non-hydrogen) atoms. The van der Waals surface area contributed by atoms with Crippen LogP contribution in [0, 0.1) is 12.8 Å². The third-order valence-corrected chi connectivity index (χ3v) is 3.73. The van der Waals surface area contributed by atoms with E-state index >= 15 is 0 Å². The monoisotopic (exact) mass is 263 g/mol. The molecule has 106 valence electrons. The normalized spacial score (nSPS) is 20.3. The summed E-state index contributed by atoms with van der Waals surface area (Å²) in [5.74, 6) is 2.49. The Labute approximate surface area is 116 Å². The Morgan fingerprint density at radius 3 is 2.89 bits per heavy atom. The highest BCUT2D eigenvalue weighted by Crippen LogP contribution is 2.27. The van der Waals surface area contributed by atoms with Crippen LogP contribution in [0.5, 0.6) is 11.5 Å². The molecule has 1 aromatic carbocycles. The average Bonchev–Trinajstić information content (AvgIpc) is 2.40. The molecule has 3 nitrogen and oxygen atoms in total. The summed E-state index contributed by atoms with van der Waals surface area (Å²) in [6.07, 6.45) is 2.68. The standard InChI is InChI=1S/C16H25NO2/c1-13-6-7-15(16(11-13)18-3)19-10-9-17-8-4-5-14(2)12-17/h6-7,11,14H,4-5,8-10,12H2,1-3H3/t14-/m0/s1. The summed E-state index contributed by atoms with van der Waals surface area (Å²) in [5.41, 5.74) is 1.19. The third kappa shape index (κ3) is 4.13. The van der Waals surface area contributed by atoms with Crippen molar-refractivity contribution >= 4 is 0 Å². The van der Waals surface area contributed by atoms with Crippen LogP contribution in [0.1, 0.15) is 25.3 Å². The lowest BCUT2D eigenvalue weighted by molar-refractivity contribution is 0.152. The maximum Gasteiger partial charge on any atom is 0.161 e. The molecule has 1 atom stereocenters. The van der Waals surface area contributed by atoms with Crippen LogP contribution >= 0.6 is 0 Å². The Hall–Kier alpha value is -1.22. The van der Waals surface area contributed by atoms with Crippen molar-refractivity contribution in [1.29, 1.82) is 0 Å². The van der Waals surface area contributed by atoms with Crippen molar-refractivity contribution in [3.8, 4) is 11.5 Å². The van der Waals surface area contributed by atoms with Crippen LogP contribution in [0.2, 0.25) is 0 Å². The molecule has 2 rings (SSSR count). The molecule has 0 radical (unpaired) electrons. The second kappa shape index (κ2) is 6.80. The Morgan fingerprint density at radius 1 is 1.32 bits per heavy atom. The molecule has 1 aromatic rings. The molecule has 1 aliphatic heterocycles. The van der Waals surface area contributed by atoms with E-state index in [0.29, 0.717) is 0 Å². The number of rotatable bonds is 5. The Balaban J connectivity index is 1.82. The van der Waals surface area contributed by atoms with Gasteiger partial charge in [-0.25, -0.2) is 0 Å². The van der Waals surface area contributed by atoms with Crippen molar-refractivity contribution in [2.24, 2.45) is 5.92 Å². The molecule has 0 saturated carbocycles. The number of methoxy groups -OCH3 is 1. The van der Waals surface area contributed by atoms with Crippen molar-refractivity contribution in [2.75, 3.05) is 33.4 Å². The molecule has 1 fully saturated rings. The lowest BCUT2D eigenvalue weighted by atomic mass is 10.0. The lowest BCUT2D eigenvalue weighted by Gasteiger charge is -2.30. The number of piperidine rings is 1. The summed E-state index contributed by atoms with van der Waals surface area (Å²) >= 11 is 0. The van der Waals surface area contributed by atoms with Gasteiger partial charge in [0, 0.05) is 13.1 Å². The van der Waals surface area contributed by atoms with Crippen molar-refractivity contribution in [3.05, 3.63) is 23.8 Å². The van der Waals surface area contributed by atoms with E-state index in [1.807, 2.05) is 12.1 Å². The SMILES string of the molecule is COc1cc(C)ccc1OCCN1CCC[C@H](C)C1. The van der Waals surface area contributed by atoms with Crippen molar-refractivity contribution < 1.29 is 9.47 Å². The minimum atomic E-state index is 0.728. The van der Waals surface area contributed by atoms with Crippen LogP contribution < -0.4 is 9.47 Å². The Kier molecular flexibility index (Phi) is 5.08. The predicted molar refractivity (Wildman–Crippen MR) is 78.1 cm³/mol. The molecule has 1 aliphatic rings. The Morgan fingerprint density at radius 2 is 2.16 bits per heavy atom. The minimum Gasteiger partial charge on any atom is -0.493 e. The van der Waals surface area contributed by atoms with E-state index in [1.165, 1.54) is 31.5 Å². The average molecular weight is 263 g/mol. The van der Waals surface area contributed by atoms with Gasteiger partial charge in [-0.3, -0.25) is 4.90 Å². The maximum atomic E-state index is 5.85. The first-order valence-electron chi connectivity index (χ1n) is 7.19. The fourth-order valence-corrected chi connectivity index (χ4v) is 2.67. The number of nitrogens with zero attached hydrogens (tertiary/aromatic N) is 1. The second-order valence-electron chi connectivity index (χ2n) is 5.55. The fraction of sp³-hybridized carbons (Fsp3) is 0.625. The highest BCUT2D eigenvalue weighted by atomic mass is 16.5. The summed E-state index contributed by atoms with van der Waals surface area (Å²) in [7, 11) is 1.69. The van der Waals surface area contributed by atoms with Gasteiger partial charge in [0.2, 0.25) is 0 Å². The molecule has 0 amide bonds. The smallest absolute Gasteiger partial charge is 0.161 e. The quantitative estimate of drug-likeness (QED) is 0.814. The molecular weight excluding hydrogens is 238 g/mol. The van der Waals surface area contributed by atoms with E-state index < -0.39 is 0 Å². The van der Waals surface area contributed by atoms with Gasteiger partial charge in [0.05, 0.1) is 7.11 Å². The van der Waals surface area contributed by atoms with E-state index in [1.54, 1.807) is 7.11 Å². The maximum absolute atomic E-state index is 5.85.